The second-order valence-electron chi connectivity index (χ2n) is 6.38. The molecule has 0 radical (unpaired) electrons. The number of nitrogens with zero attached hydrogens (tertiary/aromatic N) is 3. The number of para-hydroxylation sites is 1. The van der Waals surface area contributed by atoms with Crippen molar-refractivity contribution in [3.8, 4) is 0 Å². The van der Waals surface area contributed by atoms with Gasteiger partial charge in [0.2, 0.25) is 0 Å². The summed E-state index contributed by atoms with van der Waals surface area (Å²) < 4.78 is 1.74. The molecule has 3 rings (SSSR count). The average molecular weight is 343 g/mol. The molecule has 0 spiro atoms. The summed E-state index contributed by atoms with van der Waals surface area (Å²) in [7, 11) is 2.22. The number of rotatable bonds is 6. The molecule has 2 heterocycles. The van der Waals surface area contributed by atoms with E-state index in [4.69, 9.17) is 4.98 Å². The predicted octanol–water partition coefficient (Wildman–Crippen LogP) is 3.55. The fourth-order valence-corrected chi connectivity index (χ4v) is 4.39. The van der Waals surface area contributed by atoms with Gasteiger partial charge in [-0.3, -0.25) is 9.36 Å². The molecule has 0 saturated carbocycles. The molecule has 0 N–H and O–H groups in total. The minimum atomic E-state index is 0.0257. The van der Waals surface area contributed by atoms with Crippen LogP contribution in [0.15, 0.2) is 46.9 Å². The van der Waals surface area contributed by atoms with Gasteiger partial charge in [-0.2, -0.15) is 0 Å². The highest BCUT2D eigenvalue weighted by molar-refractivity contribution is 7.99. The Labute approximate surface area is 147 Å². The van der Waals surface area contributed by atoms with Gasteiger partial charge in [-0.05, 0) is 45.0 Å². The highest BCUT2D eigenvalue weighted by Gasteiger charge is 2.19. The molecule has 1 aliphatic rings. The van der Waals surface area contributed by atoms with E-state index < -0.39 is 0 Å². The van der Waals surface area contributed by atoms with Gasteiger partial charge in [0.05, 0.1) is 10.9 Å². The van der Waals surface area contributed by atoms with Crippen molar-refractivity contribution in [2.24, 2.45) is 0 Å². The van der Waals surface area contributed by atoms with Gasteiger partial charge < -0.3 is 4.90 Å². The molecule has 2 aromatic rings. The highest BCUT2D eigenvalue weighted by atomic mass is 32.2. The van der Waals surface area contributed by atoms with Crippen LogP contribution >= 0.6 is 11.8 Å². The molecular formula is C19H25N3OS. The van der Waals surface area contributed by atoms with Crippen molar-refractivity contribution in [2.45, 2.75) is 43.4 Å². The molecular weight excluding hydrogens is 318 g/mol. The summed E-state index contributed by atoms with van der Waals surface area (Å²) in [6, 6.07) is 8.23. The maximum atomic E-state index is 12.7. The standard InChI is InChI=1S/C19H25N3OS/c1-3-12-22-18(23)16-9-4-5-10-17(16)20-19(22)24-14-11-15-8-6-7-13-21(15)2/h3-5,9-10,15H,1,6-8,11-14H2,2H3. The lowest BCUT2D eigenvalue weighted by molar-refractivity contribution is 0.182. The molecule has 1 unspecified atom stereocenters. The van der Waals surface area contributed by atoms with Gasteiger partial charge in [0, 0.05) is 18.3 Å². The van der Waals surface area contributed by atoms with Gasteiger partial charge in [-0.15, -0.1) is 6.58 Å². The number of benzene rings is 1. The van der Waals surface area contributed by atoms with E-state index in [0.29, 0.717) is 18.0 Å². The first-order valence-corrected chi connectivity index (χ1v) is 9.63. The zero-order valence-electron chi connectivity index (χ0n) is 14.3. The summed E-state index contributed by atoms with van der Waals surface area (Å²) in [6.45, 7) is 5.48. The predicted molar refractivity (Wildman–Crippen MR) is 102 cm³/mol. The van der Waals surface area contributed by atoms with E-state index >= 15 is 0 Å². The lowest BCUT2D eigenvalue weighted by Crippen LogP contribution is -2.36. The van der Waals surface area contributed by atoms with E-state index in [1.54, 1.807) is 22.4 Å². The quantitative estimate of drug-likeness (QED) is 0.457. The first-order valence-electron chi connectivity index (χ1n) is 8.64. The van der Waals surface area contributed by atoms with E-state index in [1.807, 2.05) is 24.3 Å². The third-order valence-corrected chi connectivity index (χ3v) is 5.75. The summed E-state index contributed by atoms with van der Waals surface area (Å²) in [4.78, 5) is 19.9. The molecule has 1 aromatic carbocycles. The summed E-state index contributed by atoms with van der Waals surface area (Å²) in [6.07, 6.45) is 6.82. The maximum Gasteiger partial charge on any atom is 0.262 e. The Morgan fingerprint density at radius 1 is 1.38 bits per heavy atom. The number of thioether (sulfide) groups is 1. The fraction of sp³-hybridized carbons (Fsp3) is 0.474. The molecule has 1 atom stereocenters. The third kappa shape index (κ3) is 3.73. The van der Waals surface area contributed by atoms with E-state index in [0.717, 1.165) is 22.8 Å². The van der Waals surface area contributed by atoms with Crippen LogP contribution in [0.2, 0.25) is 0 Å². The SMILES string of the molecule is C=CCn1c(SCCC2CCCCN2C)nc2ccccc2c1=O. The van der Waals surface area contributed by atoms with Crippen LogP contribution < -0.4 is 5.56 Å². The van der Waals surface area contributed by atoms with Gasteiger partial charge in [0.25, 0.3) is 5.56 Å². The van der Waals surface area contributed by atoms with Crippen LogP contribution in [0.4, 0.5) is 0 Å². The van der Waals surface area contributed by atoms with Crippen molar-refractivity contribution in [3.05, 3.63) is 47.3 Å². The first-order chi connectivity index (χ1) is 11.7. The number of hydrogen-bond acceptors (Lipinski definition) is 4. The smallest absolute Gasteiger partial charge is 0.262 e. The van der Waals surface area contributed by atoms with Crippen LogP contribution in [-0.2, 0) is 6.54 Å². The molecule has 24 heavy (non-hydrogen) atoms. The van der Waals surface area contributed by atoms with Crippen molar-refractivity contribution in [1.29, 1.82) is 0 Å². The Hall–Kier alpha value is -1.59. The molecule has 0 amide bonds. The van der Waals surface area contributed by atoms with Gasteiger partial charge in [0.1, 0.15) is 0 Å². The first kappa shape index (κ1) is 17.2. The summed E-state index contributed by atoms with van der Waals surface area (Å²) in [5, 5.41) is 1.48. The minimum Gasteiger partial charge on any atom is -0.303 e. The normalized spacial score (nSPS) is 18.8. The molecule has 4 nitrogen and oxygen atoms in total. The Morgan fingerprint density at radius 3 is 3.00 bits per heavy atom. The monoisotopic (exact) mass is 343 g/mol. The second-order valence-corrected chi connectivity index (χ2v) is 7.45. The molecule has 1 fully saturated rings. The van der Waals surface area contributed by atoms with Crippen LogP contribution in [0.25, 0.3) is 10.9 Å². The molecule has 0 bridgehead atoms. The molecule has 1 aromatic heterocycles. The molecule has 5 heteroatoms. The Bertz CT molecular complexity index is 771. The van der Waals surface area contributed by atoms with E-state index in [9.17, 15) is 4.79 Å². The third-order valence-electron chi connectivity index (χ3n) is 4.74. The van der Waals surface area contributed by atoms with Gasteiger partial charge in [-0.25, -0.2) is 4.98 Å². The Kier molecular flexibility index (Phi) is 5.74. The number of piperidine rings is 1. The van der Waals surface area contributed by atoms with Crippen LogP contribution in [-0.4, -0.2) is 39.8 Å². The molecule has 128 valence electrons. The van der Waals surface area contributed by atoms with Crippen molar-refractivity contribution >= 4 is 22.7 Å². The van der Waals surface area contributed by atoms with Crippen LogP contribution in [0.3, 0.4) is 0 Å². The number of allylic oxidation sites excluding steroid dienone is 1. The molecule has 1 saturated heterocycles. The Balaban J connectivity index is 1.78. The van der Waals surface area contributed by atoms with Gasteiger partial charge >= 0.3 is 0 Å². The maximum absolute atomic E-state index is 12.7. The number of aromatic nitrogens is 2. The van der Waals surface area contributed by atoms with Gasteiger partial charge in [-0.1, -0.05) is 36.4 Å². The van der Waals surface area contributed by atoms with Gasteiger partial charge in [0.15, 0.2) is 5.16 Å². The second kappa shape index (κ2) is 7.99. The van der Waals surface area contributed by atoms with Crippen LogP contribution in [0.1, 0.15) is 25.7 Å². The number of hydrogen-bond donors (Lipinski definition) is 0. The molecule has 0 aliphatic carbocycles. The van der Waals surface area contributed by atoms with E-state index in [1.165, 1.54) is 25.8 Å². The lowest BCUT2D eigenvalue weighted by Gasteiger charge is -2.32. The van der Waals surface area contributed by atoms with Crippen molar-refractivity contribution < 1.29 is 0 Å². The summed E-state index contributed by atoms with van der Waals surface area (Å²) in [5.74, 6) is 0.983. The number of fused-ring (bicyclic) bond motifs is 1. The lowest BCUT2D eigenvalue weighted by atomic mass is 10.0. The van der Waals surface area contributed by atoms with E-state index in [-0.39, 0.29) is 5.56 Å². The highest BCUT2D eigenvalue weighted by Crippen LogP contribution is 2.23. The zero-order chi connectivity index (χ0) is 16.9. The zero-order valence-corrected chi connectivity index (χ0v) is 15.1. The average Bonchev–Trinajstić information content (AvgIpc) is 2.60. The minimum absolute atomic E-state index is 0.0257. The summed E-state index contributed by atoms with van der Waals surface area (Å²) in [5.41, 5.74) is 0.804. The van der Waals surface area contributed by atoms with Crippen molar-refractivity contribution in [2.75, 3.05) is 19.3 Å². The van der Waals surface area contributed by atoms with Crippen molar-refractivity contribution in [1.82, 2.24) is 14.5 Å². The Morgan fingerprint density at radius 2 is 2.21 bits per heavy atom. The van der Waals surface area contributed by atoms with E-state index in [2.05, 4.69) is 18.5 Å². The fourth-order valence-electron chi connectivity index (χ4n) is 3.34. The van der Waals surface area contributed by atoms with Crippen LogP contribution in [0.5, 0.6) is 0 Å². The van der Waals surface area contributed by atoms with Crippen LogP contribution in [0, 0.1) is 0 Å². The number of likely N-dealkylation sites (tertiary alicyclic amines) is 1. The largest absolute Gasteiger partial charge is 0.303 e. The topological polar surface area (TPSA) is 38.1 Å². The summed E-state index contributed by atoms with van der Waals surface area (Å²) >= 11 is 1.69. The van der Waals surface area contributed by atoms with Crippen molar-refractivity contribution in [3.63, 3.8) is 0 Å². The molecule has 1 aliphatic heterocycles.